The molecule has 0 saturated carbocycles. The van der Waals surface area contributed by atoms with E-state index in [1.54, 1.807) is 29.4 Å². The van der Waals surface area contributed by atoms with Gasteiger partial charge in [0.2, 0.25) is 5.91 Å². The van der Waals surface area contributed by atoms with Crippen LogP contribution in [0.1, 0.15) is 27.9 Å². The van der Waals surface area contributed by atoms with E-state index in [2.05, 4.69) is 11.1 Å². The molecule has 7 nitrogen and oxygen atoms in total. The summed E-state index contributed by atoms with van der Waals surface area (Å²) in [4.78, 5) is 21.2. The predicted octanol–water partition coefficient (Wildman–Crippen LogP) is 3.14. The summed E-state index contributed by atoms with van der Waals surface area (Å²) in [7, 11) is 0. The van der Waals surface area contributed by atoms with Gasteiger partial charge in [-0.25, -0.2) is 4.98 Å². The lowest BCUT2D eigenvalue weighted by atomic mass is 10.1. The Morgan fingerprint density at radius 1 is 1.12 bits per heavy atom. The molecule has 0 radical (unpaired) electrons. The maximum absolute atomic E-state index is 13.1. The number of carbonyl (C=O) groups excluding carboxylic acids is 1. The van der Waals surface area contributed by atoms with Gasteiger partial charge in [0.05, 0.1) is 49.9 Å². The molecule has 1 N–H and O–H groups in total. The maximum atomic E-state index is 13.1. The molecule has 2 aromatic carbocycles. The summed E-state index contributed by atoms with van der Waals surface area (Å²) in [5.41, 5.74) is 6.71. The third kappa shape index (κ3) is 4.81. The van der Waals surface area contributed by atoms with Crippen molar-refractivity contribution in [3.05, 3.63) is 94.7 Å². The molecule has 7 heteroatoms. The van der Waals surface area contributed by atoms with E-state index in [4.69, 9.17) is 5.26 Å². The fourth-order valence-corrected chi connectivity index (χ4v) is 4.10. The van der Waals surface area contributed by atoms with Crippen LogP contribution in [0.25, 0.3) is 0 Å². The number of hydrogen-bond donors (Lipinski definition) is 1. The number of hydrogen-bond acceptors (Lipinski definition) is 5. The van der Waals surface area contributed by atoms with Crippen LogP contribution in [0.5, 0.6) is 0 Å². The number of anilines is 1. The minimum absolute atomic E-state index is 0.0250. The summed E-state index contributed by atoms with van der Waals surface area (Å²) in [6.07, 6.45) is 5.35. The third-order valence-electron chi connectivity index (χ3n) is 6.13. The first-order chi connectivity index (χ1) is 16.0. The van der Waals surface area contributed by atoms with Gasteiger partial charge in [-0.3, -0.25) is 4.79 Å². The Kier molecular flexibility index (Phi) is 6.57. The van der Waals surface area contributed by atoms with Gasteiger partial charge in [0.25, 0.3) is 0 Å². The molecule has 33 heavy (non-hydrogen) atoms. The molecule has 0 aliphatic carbocycles. The van der Waals surface area contributed by atoms with Crippen molar-refractivity contribution in [1.82, 2.24) is 14.5 Å². The Labute approximate surface area is 193 Å². The molecule has 168 valence electrons. The van der Waals surface area contributed by atoms with Crippen molar-refractivity contribution in [2.75, 3.05) is 24.6 Å². The smallest absolute Gasteiger partial charge is 0.246 e. The molecule has 0 atom stereocenters. The van der Waals surface area contributed by atoms with E-state index in [1.807, 2.05) is 59.8 Å². The summed E-state index contributed by atoms with van der Waals surface area (Å²) in [6.45, 7) is 5.74. The lowest BCUT2D eigenvalue weighted by molar-refractivity contribution is -0.120. The third-order valence-corrected chi connectivity index (χ3v) is 6.13. The van der Waals surface area contributed by atoms with Crippen LogP contribution in [-0.4, -0.2) is 45.2 Å². The quantitative estimate of drug-likeness (QED) is 0.635. The minimum atomic E-state index is -0.0921. The van der Waals surface area contributed by atoms with Gasteiger partial charge in [-0.1, -0.05) is 24.3 Å². The number of nitrogens with zero attached hydrogens (tertiary/aromatic N) is 5. The van der Waals surface area contributed by atoms with Gasteiger partial charge in [-0.05, 0) is 54.8 Å². The average molecular weight is 442 g/mol. The highest BCUT2D eigenvalue weighted by molar-refractivity contribution is 5.97. The summed E-state index contributed by atoms with van der Waals surface area (Å²) < 4.78 is 2.04. The Hall–Kier alpha value is -3.89. The van der Waals surface area contributed by atoms with Gasteiger partial charge in [0.1, 0.15) is 0 Å². The lowest BCUT2D eigenvalue weighted by Gasteiger charge is -2.38. The Bertz CT molecular complexity index is 1220. The highest BCUT2D eigenvalue weighted by Crippen LogP contribution is 2.28. The minimum Gasteiger partial charge on any atom is -0.392 e. The SMILES string of the molecule is Cc1cccc(N2C/C(=C\CO)N(Cc3cncn3Cc3ccc(C#N)cc3)CC2=O)c1C. The second-order valence-electron chi connectivity index (χ2n) is 8.25. The van der Waals surface area contributed by atoms with E-state index in [-0.39, 0.29) is 19.1 Å². The molecule has 3 aromatic rings. The molecular weight excluding hydrogens is 414 g/mol. The summed E-state index contributed by atoms with van der Waals surface area (Å²) in [5, 5.41) is 18.6. The predicted molar refractivity (Wildman–Crippen MR) is 126 cm³/mol. The summed E-state index contributed by atoms with van der Waals surface area (Å²) >= 11 is 0. The molecule has 0 spiro atoms. The number of nitriles is 1. The molecule has 1 amide bonds. The number of carbonyl (C=O) groups is 1. The van der Waals surface area contributed by atoms with E-state index in [9.17, 15) is 9.90 Å². The Morgan fingerprint density at radius 2 is 1.91 bits per heavy atom. The second-order valence-corrected chi connectivity index (χ2v) is 8.25. The van der Waals surface area contributed by atoms with Crippen LogP contribution in [0.3, 0.4) is 0 Å². The summed E-state index contributed by atoms with van der Waals surface area (Å²) in [6, 6.07) is 15.6. The normalized spacial score (nSPS) is 15.2. The number of benzene rings is 2. The first-order valence-corrected chi connectivity index (χ1v) is 10.9. The van der Waals surface area contributed by atoms with Crippen molar-refractivity contribution in [3.8, 4) is 6.07 Å². The number of rotatable bonds is 6. The average Bonchev–Trinajstić information content (AvgIpc) is 3.24. The zero-order valence-corrected chi connectivity index (χ0v) is 18.9. The van der Waals surface area contributed by atoms with Crippen molar-refractivity contribution in [2.24, 2.45) is 0 Å². The molecule has 1 saturated heterocycles. The van der Waals surface area contributed by atoms with Crippen molar-refractivity contribution in [3.63, 3.8) is 0 Å². The fourth-order valence-electron chi connectivity index (χ4n) is 4.10. The van der Waals surface area contributed by atoms with E-state index < -0.39 is 0 Å². The highest BCUT2D eigenvalue weighted by Gasteiger charge is 2.29. The van der Waals surface area contributed by atoms with Crippen LogP contribution in [0, 0.1) is 25.2 Å². The van der Waals surface area contributed by atoms with Gasteiger partial charge in [0, 0.05) is 24.1 Å². The Morgan fingerprint density at radius 3 is 2.64 bits per heavy atom. The molecule has 1 aromatic heterocycles. The van der Waals surface area contributed by atoms with Crippen LogP contribution in [0.4, 0.5) is 5.69 Å². The number of amides is 1. The molecule has 2 heterocycles. The van der Waals surface area contributed by atoms with Crippen LogP contribution >= 0.6 is 0 Å². The van der Waals surface area contributed by atoms with Crippen LogP contribution in [0.15, 0.2) is 66.8 Å². The topological polar surface area (TPSA) is 85.4 Å². The second kappa shape index (κ2) is 9.72. The van der Waals surface area contributed by atoms with Crippen molar-refractivity contribution < 1.29 is 9.90 Å². The van der Waals surface area contributed by atoms with Gasteiger partial charge in [-0.2, -0.15) is 5.26 Å². The number of piperazine rings is 1. The van der Waals surface area contributed by atoms with E-state index in [0.717, 1.165) is 33.8 Å². The highest BCUT2D eigenvalue weighted by atomic mass is 16.2. The van der Waals surface area contributed by atoms with Crippen LogP contribution in [-0.2, 0) is 17.9 Å². The van der Waals surface area contributed by atoms with E-state index >= 15 is 0 Å². The number of aryl methyl sites for hydroxylation is 1. The molecule has 0 unspecified atom stereocenters. The van der Waals surface area contributed by atoms with Gasteiger partial charge in [-0.15, -0.1) is 0 Å². The molecule has 0 bridgehead atoms. The molecule has 1 aliphatic heterocycles. The van der Waals surface area contributed by atoms with Crippen LogP contribution < -0.4 is 4.90 Å². The van der Waals surface area contributed by atoms with Crippen molar-refractivity contribution >= 4 is 11.6 Å². The molecular formula is C26H27N5O2. The Balaban J connectivity index is 1.54. The number of aliphatic hydroxyl groups is 1. The lowest BCUT2D eigenvalue weighted by Crippen LogP contribution is -2.49. The largest absolute Gasteiger partial charge is 0.392 e. The number of imidazole rings is 1. The monoisotopic (exact) mass is 441 g/mol. The zero-order chi connectivity index (χ0) is 23.4. The molecule has 1 aliphatic rings. The van der Waals surface area contributed by atoms with Gasteiger partial charge >= 0.3 is 0 Å². The molecule has 4 rings (SSSR count). The number of aliphatic hydroxyl groups excluding tert-OH is 1. The first kappa shape index (κ1) is 22.3. The van der Waals surface area contributed by atoms with E-state index in [1.165, 1.54) is 0 Å². The van der Waals surface area contributed by atoms with Gasteiger partial charge in [0.15, 0.2) is 0 Å². The fraction of sp³-hybridized carbons (Fsp3) is 0.269. The van der Waals surface area contributed by atoms with E-state index in [0.29, 0.717) is 25.2 Å². The first-order valence-electron chi connectivity index (χ1n) is 10.9. The molecule has 1 fully saturated rings. The van der Waals surface area contributed by atoms with Gasteiger partial charge < -0.3 is 19.5 Å². The standard InChI is InChI=1S/C26H27N5O2/c1-19-4-3-5-25(20(19)2)31-16-23(10-11-32)29(17-26(31)33)15-24-13-28-18-30(24)14-22-8-6-21(12-27)7-9-22/h3-10,13,18,32H,11,14-17H2,1-2H3/b23-10+. The van der Waals surface area contributed by atoms with Crippen molar-refractivity contribution in [2.45, 2.75) is 26.9 Å². The van der Waals surface area contributed by atoms with Crippen LogP contribution in [0.2, 0.25) is 0 Å². The maximum Gasteiger partial charge on any atom is 0.246 e. The summed E-state index contributed by atoms with van der Waals surface area (Å²) in [5.74, 6) is 0.0250. The number of aromatic nitrogens is 2. The zero-order valence-electron chi connectivity index (χ0n) is 18.9. The van der Waals surface area contributed by atoms with Crippen molar-refractivity contribution in [1.29, 1.82) is 5.26 Å².